The molecule has 5 nitrogen and oxygen atoms in total. The summed E-state index contributed by atoms with van der Waals surface area (Å²) in [4.78, 5) is 7.89. The van der Waals surface area contributed by atoms with Crippen LogP contribution in [0.4, 0.5) is 0 Å². The predicted molar refractivity (Wildman–Crippen MR) is 118 cm³/mol. The molecule has 4 fully saturated rings. The summed E-state index contributed by atoms with van der Waals surface area (Å²) in [7, 11) is 2.26. The third kappa shape index (κ3) is 6.39. The van der Waals surface area contributed by atoms with E-state index in [2.05, 4.69) is 35.6 Å². The Bertz CT molecular complexity index is 473. The predicted octanol–water partition coefficient (Wildman–Crippen LogP) is 3.23. The number of nitrogens with zero attached hydrogens (tertiary/aromatic N) is 3. The summed E-state index contributed by atoms with van der Waals surface area (Å²) in [5.41, 5.74) is 0. The molecule has 0 aromatic carbocycles. The van der Waals surface area contributed by atoms with Crippen LogP contribution in [-0.4, -0.2) is 98.0 Å². The van der Waals surface area contributed by atoms with E-state index in [0.717, 1.165) is 12.0 Å². The van der Waals surface area contributed by atoms with Gasteiger partial charge in [-0.25, -0.2) is 0 Å². The van der Waals surface area contributed by atoms with Gasteiger partial charge < -0.3 is 19.3 Å². The maximum atomic E-state index is 6.49. The summed E-state index contributed by atoms with van der Waals surface area (Å²) in [6.07, 6.45) is 12.1. The molecular formula is C24H45N3O2. The van der Waals surface area contributed by atoms with Crippen molar-refractivity contribution in [2.24, 2.45) is 5.92 Å². The highest BCUT2D eigenvalue weighted by molar-refractivity contribution is 4.91. The molecule has 0 bridgehead atoms. The van der Waals surface area contributed by atoms with E-state index in [4.69, 9.17) is 9.47 Å². The molecule has 3 aliphatic heterocycles. The average Bonchev–Trinajstić information content (AvgIpc) is 2.68. The summed E-state index contributed by atoms with van der Waals surface area (Å²) in [5.74, 6) is 0.922. The lowest BCUT2D eigenvalue weighted by atomic mass is 9.86. The average molecular weight is 408 g/mol. The third-order valence-corrected chi connectivity index (χ3v) is 7.80. The van der Waals surface area contributed by atoms with E-state index >= 15 is 0 Å². The first-order chi connectivity index (χ1) is 14.0. The highest BCUT2D eigenvalue weighted by Gasteiger charge is 2.38. The maximum absolute atomic E-state index is 6.49. The second-order valence-corrected chi connectivity index (χ2v) is 10.6. The minimum atomic E-state index is 0.365. The number of likely N-dealkylation sites (tertiary alicyclic amines) is 3. The maximum Gasteiger partial charge on any atom is 0.0608 e. The van der Waals surface area contributed by atoms with Crippen LogP contribution in [0, 0.1) is 5.92 Å². The van der Waals surface area contributed by atoms with Crippen molar-refractivity contribution in [3.63, 3.8) is 0 Å². The van der Waals surface area contributed by atoms with Gasteiger partial charge in [0.05, 0.1) is 24.4 Å². The van der Waals surface area contributed by atoms with Gasteiger partial charge in [-0.2, -0.15) is 0 Å². The lowest BCUT2D eigenvalue weighted by Gasteiger charge is -2.47. The van der Waals surface area contributed by atoms with Crippen LogP contribution in [-0.2, 0) is 9.47 Å². The van der Waals surface area contributed by atoms with Crippen molar-refractivity contribution < 1.29 is 9.47 Å². The number of ether oxygens (including phenoxy) is 2. The van der Waals surface area contributed by atoms with E-state index < -0.39 is 0 Å². The molecule has 3 saturated heterocycles. The molecule has 0 unspecified atom stereocenters. The topological polar surface area (TPSA) is 28.2 Å². The van der Waals surface area contributed by atoms with Crippen LogP contribution in [0.1, 0.15) is 65.2 Å². The molecule has 5 heteroatoms. The van der Waals surface area contributed by atoms with Gasteiger partial charge >= 0.3 is 0 Å². The second kappa shape index (κ2) is 10.4. The summed E-state index contributed by atoms with van der Waals surface area (Å²) in [6, 6.07) is 0.768. The summed E-state index contributed by atoms with van der Waals surface area (Å²) < 4.78 is 12.5. The van der Waals surface area contributed by atoms with E-state index in [1.165, 1.54) is 97.2 Å². The van der Waals surface area contributed by atoms with Gasteiger partial charge in [-0.05, 0) is 91.3 Å². The van der Waals surface area contributed by atoms with Crippen molar-refractivity contribution >= 4 is 0 Å². The second-order valence-electron chi connectivity index (χ2n) is 10.6. The van der Waals surface area contributed by atoms with Crippen molar-refractivity contribution in [3.8, 4) is 0 Å². The molecule has 168 valence electrons. The fourth-order valence-electron chi connectivity index (χ4n) is 5.82. The molecule has 0 N–H and O–H groups in total. The fraction of sp³-hybridized carbons (Fsp3) is 1.00. The molecule has 29 heavy (non-hydrogen) atoms. The number of rotatable bonds is 7. The molecule has 3 heterocycles. The summed E-state index contributed by atoms with van der Waals surface area (Å²) in [5, 5.41) is 0. The van der Waals surface area contributed by atoms with E-state index in [0.29, 0.717) is 24.4 Å². The van der Waals surface area contributed by atoms with Crippen LogP contribution in [0.5, 0.6) is 0 Å². The smallest absolute Gasteiger partial charge is 0.0608 e. The van der Waals surface area contributed by atoms with Gasteiger partial charge in [0, 0.05) is 38.8 Å². The van der Waals surface area contributed by atoms with Gasteiger partial charge in [-0.3, -0.25) is 4.90 Å². The van der Waals surface area contributed by atoms with Gasteiger partial charge in [-0.1, -0.05) is 0 Å². The molecule has 0 amide bonds. The molecule has 0 aromatic rings. The Morgan fingerprint density at radius 3 is 2.00 bits per heavy atom. The van der Waals surface area contributed by atoms with Crippen LogP contribution in [0.3, 0.4) is 0 Å². The molecule has 4 rings (SSSR count). The summed E-state index contributed by atoms with van der Waals surface area (Å²) in [6.45, 7) is 13.1. The zero-order valence-corrected chi connectivity index (χ0v) is 19.2. The van der Waals surface area contributed by atoms with Crippen molar-refractivity contribution in [3.05, 3.63) is 0 Å². The fourth-order valence-corrected chi connectivity index (χ4v) is 5.82. The Labute approximate surface area is 179 Å². The van der Waals surface area contributed by atoms with Crippen LogP contribution in [0.2, 0.25) is 0 Å². The Morgan fingerprint density at radius 2 is 1.38 bits per heavy atom. The first kappa shape index (κ1) is 22.0. The molecule has 0 aromatic heterocycles. The van der Waals surface area contributed by atoms with Gasteiger partial charge in [0.25, 0.3) is 0 Å². The first-order valence-electron chi connectivity index (χ1n) is 12.5. The highest BCUT2D eigenvalue weighted by Crippen LogP contribution is 2.33. The van der Waals surface area contributed by atoms with Crippen molar-refractivity contribution in [1.82, 2.24) is 14.7 Å². The van der Waals surface area contributed by atoms with Gasteiger partial charge in [0.15, 0.2) is 0 Å². The summed E-state index contributed by atoms with van der Waals surface area (Å²) >= 11 is 0. The Kier molecular flexibility index (Phi) is 7.90. The number of hydrogen-bond acceptors (Lipinski definition) is 5. The van der Waals surface area contributed by atoms with Crippen LogP contribution in [0.25, 0.3) is 0 Å². The van der Waals surface area contributed by atoms with Gasteiger partial charge in [-0.15, -0.1) is 0 Å². The molecule has 0 atom stereocenters. The minimum Gasteiger partial charge on any atom is -0.375 e. The lowest BCUT2D eigenvalue weighted by molar-refractivity contribution is -0.113. The minimum absolute atomic E-state index is 0.365. The van der Waals surface area contributed by atoms with Gasteiger partial charge in [0.1, 0.15) is 0 Å². The van der Waals surface area contributed by atoms with Gasteiger partial charge in [0.2, 0.25) is 0 Å². The van der Waals surface area contributed by atoms with Crippen LogP contribution in [0.15, 0.2) is 0 Å². The van der Waals surface area contributed by atoms with E-state index in [-0.39, 0.29) is 0 Å². The van der Waals surface area contributed by atoms with Crippen molar-refractivity contribution in [2.45, 2.75) is 95.7 Å². The van der Waals surface area contributed by atoms with Crippen LogP contribution >= 0.6 is 0 Å². The molecule has 1 saturated carbocycles. The third-order valence-electron chi connectivity index (χ3n) is 7.80. The standard InChI is InChI=1S/C24H45N3O2/c1-19(2)28-22-8-14-27(15-9-22)21-16-24(17-21)29-23-6-12-26(13-7-23)18-20-4-10-25(3)11-5-20/h19-24H,4-18H2,1-3H3/t21-,24-. The monoisotopic (exact) mass is 407 g/mol. The number of piperidine rings is 3. The molecule has 4 aliphatic rings. The zero-order chi connectivity index (χ0) is 20.2. The first-order valence-corrected chi connectivity index (χ1v) is 12.5. The number of hydrogen-bond donors (Lipinski definition) is 0. The molecular weight excluding hydrogens is 362 g/mol. The van der Waals surface area contributed by atoms with E-state index in [1.807, 2.05) is 0 Å². The van der Waals surface area contributed by atoms with Crippen molar-refractivity contribution in [1.29, 1.82) is 0 Å². The van der Waals surface area contributed by atoms with E-state index in [9.17, 15) is 0 Å². The van der Waals surface area contributed by atoms with E-state index in [1.54, 1.807) is 0 Å². The largest absolute Gasteiger partial charge is 0.375 e. The van der Waals surface area contributed by atoms with Crippen molar-refractivity contribution in [2.75, 3.05) is 52.9 Å². The normalized spacial score (nSPS) is 32.7. The Morgan fingerprint density at radius 1 is 0.759 bits per heavy atom. The Balaban J connectivity index is 1.07. The zero-order valence-electron chi connectivity index (χ0n) is 19.2. The highest BCUT2D eigenvalue weighted by atomic mass is 16.5. The van der Waals surface area contributed by atoms with Crippen LogP contribution < -0.4 is 0 Å². The molecule has 0 spiro atoms. The lowest BCUT2D eigenvalue weighted by Crippen LogP contribution is -2.53. The quantitative estimate of drug-likeness (QED) is 0.646. The molecule has 1 aliphatic carbocycles. The Hall–Kier alpha value is -0.200. The SMILES string of the molecule is CC(C)OC1CCN([C@H]2C[C@H](OC3CCN(CC4CCN(C)CC4)CC3)C2)CC1. The molecule has 0 radical (unpaired) electrons.